The lowest BCUT2D eigenvalue weighted by Crippen LogP contribution is -2.45. The maximum Gasteiger partial charge on any atom is 0.416 e. The number of aliphatic hydroxyl groups excluding tert-OH is 1. The summed E-state index contributed by atoms with van der Waals surface area (Å²) in [5.41, 5.74) is -1.71. The molecule has 0 amide bonds. The molecule has 1 N–H and O–H groups in total. The number of fused-ring (bicyclic) bond motifs is 1. The smallest absolute Gasteiger partial charge is 0.416 e. The average molecular weight is 432 g/mol. The Kier molecular flexibility index (Phi) is 5.17. The normalized spacial score (nSPS) is 16.9. The number of aliphatic hydroxyl groups is 1. The molecule has 0 saturated carbocycles. The predicted octanol–water partition coefficient (Wildman–Crippen LogP) is 2.87. The van der Waals surface area contributed by atoms with E-state index >= 15 is 0 Å². The van der Waals surface area contributed by atoms with Gasteiger partial charge in [-0.2, -0.15) is 13.2 Å². The van der Waals surface area contributed by atoms with E-state index in [1.54, 1.807) is 0 Å². The van der Waals surface area contributed by atoms with Gasteiger partial charge in [-0.25, -0.2) is 8.42 Å². The van der Waals surface area contributed by atoms with E-state index in [-0.39, 0.29) is 22.7 Å². The third-order valence-corrected chi connectivity index (χ3v) is 6.19. The summed E-state index contributed by atoms with van der Waals surface area (Å²) in [6, 6.07) is 5.51. The fourth-order valence-electron chi connectivity index (χ4n) is 3.03. The van der Waals surface area contributed by atoms with Crippen LogP contribution in [0.5, 0.6) is 5.75 Å². The zero-order valence-corrected chi connectivity index (χ0v) is 15.7. The number of alkyl halides is 3. The Labute approximate surface area is 163 Å². The van der Waals surface area contributed by atoms with E-state index < -0.39 is 50.8 Å². The molecule has 1 aliphatic rings. The van der Waals surface area contributed by atoms with Crippen molar-refractivity contribution in [2.24, 2.45) is 0 Å². The highest BCUT2D eigenvalue weighted by Gasteiger charge is 2.39. The second kappa shape index (κ2) is 7.19. The number of sulfonamides is 1. The summed E-state index contributed by atoms with van der Waals surface area (Å²) < 4.78 is 71.6. The van der Waals surface area contributed by atoms with Crippen LogP contribution in [0.25, 0.3) is 0 Å². The molecule has 1 aliphatic heterocycles. The van der Waals surface area contributed by atoms with Crippen LogP contribution in [0.3, 0.4) is 0 Å². The molecule has 0 aliphatic carbocycles. The molecular formula is C17H15F3N2O6S. The molecule has 29 heavy (non-hydrogen) atoms. The first kappa shape index (κ1) is 20.9. The Morgan fingerprint density at radius 3 is 2.59 bits per heavy atom. The number of hydrogen-bond donors (Lipinski definition) is 1. The van der Waals surface area contributed by atoms with Gasteiger partial charge >= 0.3 is 6.18 Å². The number of nitro benzene ring substituents is 1. The van der Waals surface area contributed by atoms with Gasteiger partial charge in [0.25, 0.3) is 15.7 Å². The zero-order chi connectivity index (χ0) is 21.6. The maximum absolute atomic E-state index is 13.2. The van der Waals surface area contributed by atoms with Gasteiger partial charge in [0.1, 0.15) is 17.5 Å². The SMILES string of the molecule is Cc1c([N+](=O)[O-])ccc2c1N(S(=O)(=O)c1cccc(C(F)(F)F)c1)C[C@H](CO)O2. The van der Waals surface area contributed by atoms with Crippen molar-refractivity contribution in [2.75, 3.05) is 17.5 Å². The molecule has 2 aromatic rings. The first-order chi connectivity index (χ1) is 13.5. The summed E-state index contributed by atoms with van der Waals surface area (Å²) in [6.45, 7) is 0.322. The Hall–Kier alpha value is -2.86. The molecule has 0 spiro atoms. The van der Waals surface area contributed by atoms with E-state index in [1.807, 2.05) is 0 Å². The van der Waals surface area contributed by atoms with Crippen molar-refractivity contribution >= 4 is 21.4 Å². The minimum Gasteiger partial charge on any atom is -0.484 e. The van der Waals surface area contributed by atoms with Gasteiger partial charge in [0.05, 0.1) is 34.1 Å². The minimum atomic E-state index is -4.75. The molecule has 0 bridgehead atoms. The van der Waals surface area contributed by atoms with Gasteiger partial charge in [0.2, 0.25) is 0 Å². The predicted molar refractivity (Wildman–Crippen MR) is 95.3 cm³/mol. The molecule has 0 fully saturated rings. The number of nitrogens with zero attached hydrogens (tertiary/aromatic N) is 2. The molecule has 0 unspecified atom stereocenters. The summed E-state index contributed by atoms with van der Waals surface area (Å²) in [5, 5.41) is 20.7. The van der Waals surface area contributed by atoms with E-state index in [1.165, 1.54) is 13.0 Å². The monoisotopic (exact) mass is 432 g/mol. The highest BCUT2D eigenvalue weighted by Crippen LogP contribution is 2.43. The van der Waals surface area contributed by atoms with Crippen molar-refractivity contribution in [3.8, 4) is 5.75 Å². The Morgan fingerprint density at radius 2 is 2.00 bits per heavy atom. The number of hydrogen-bond acceptors (Lipinski definition) is 6. The molecule has 156 valence electrons. The number of nitro groups is 1. The highest BCUT2D eigenvalue weighted by molar-refractivity contribution is 7.92. The summed E-state index contributed by atoms with van der Waals surface area (Å²) in [7, 11) is -4.55. The van der Waals surface area contributed by atoms with Gasteiger partial charge in [-0.15, -0.1) is 0 Å². The number of rotatable bonds is 4. The molecule has 12 heteroatoms. The van der Waals surface area contributed by atoms with Gasteiger partial charge in [0, 0.05) is 6.07 Å². The lowest BCUT2D eigenvalue weighted by molar-refractivity contribution is -0.385. The number of benzene rings is 2. The number of ether oxygens (including phenoxy) is 1. The van der Waals surface area contributed by atoms with Crippen LogP contribution in [-0.2, 0) is 16.2 Å². The lowest BCUT2D eigenvalue weighted by Gasteiger charge is -2.35. The minimum absolute atomic E-state index is 0.0283. The molecular weight excluding hydrogens is 417 g/mol. The quantitative estimate of drug-likeness (QED) is 0.588. The first-order valence-corrected chi connectivity index (χ1v) is 9.66. The maximum atomic E-state index is 13.2. The summed E-state index contributed by atoms with van der Waals surface area (Å²) in [6.07, 6.45) is -5.75. The number of halogens is 3. The van der Waals surface area contributed by atoms with E-state index in [9.17, 15) is 36.8 Å². The topological polar surface area (TPSA) is 110 Å². The summed E-state index contributed by atoms with van der Waals surface area (Å²) in [5.74, 6) is -0.0334. The van der Waals surface area contributed by atoms with Crippen LogP contribution in [-0.4, -0.2) is 37.7 Å². The first-order valence-electron chi connectivity index (χ1n) is 8.22. The average Bonchev–Trinajstić information content (AvgIpc) is 2.66. The fraction of sp³-hybridized carbons (Fsp3) is 0.294. The Morgan fingerprint density at radius 1 is 1.31 bits per heavy atom. The third kappa shape index (κ3) is 3.72. The highest BCUT2D eigenvalue weighted by atomic mass is 32.2. The molecule has 0 aromatic heterocycles. The van der Waals surface area contributed by atoms with Crippen LogP contribution in [0.4, 0.5) is 24.5 Å². The van der Waals surface area contributed by atoms with Crippen LogP contribution in [0.2, 0.25) is 0 Å². The van der Waals surface area contributed by atoms with Crippen molar-refractivity contribution in [3.05, 3.63) is 57.6 Å². The van der Waals surface area contributed by atoms with E-state index in [2.05, 4.69) is 0 Å². The van der Waals surface area contributed by atoms with Gasteiger partial charge < -0.3 is 9.84 Å². The van der Waals surface area contributed by atoms with Crippen LogP contribution in [0, 0.1) is 17.0 Å². The summed E-state index contributed by atoms with van der Waals surface area (Å²) >= 11 is 0. The molecule has 0 radical (unpaired) electrons. The fourth-order valence-corrected chi connectivity index (χ4v) is 4.64. The molecule has 0 saturated heterocycles. The van der Waals surface area contributed by atoms with Crippen LogP contribution < -0.4 is 9.04 Å². The van der Waals surface area contributed by atoms with E-state index in [0.717, 1.165) is 28.6 Å². The molecule has 8 nitrogen and oxygen atoms in total. The summed E-state index contributed by atoms with van der Waals surface area (Å²) in [4.78, 5) is 9.90. The second-order valence-corrected chi connectivity index (χ2v) is 8.16. The lowest BCUT2D eigenvalue weighted by atomic mass is 10.1. The van der Waals surface area contributed by atoms with E-state index in [0.29, 0.717) is 6.07 Å². The molecule has 3 rings (SSSR count). The van der Waals surface area contributed by atoms with Crippen LogP contribution in [0.15, 0.2) is 41.3 Å². The standard InChI is InChI=1S/C17H15F3N2O6S/c1-10-14(22(24)25)5-6-15-16(10)21(8-12(9-23)28-15)29(26,27)13-4-2-3-11(7-13)17(18,19)20/h2-7,12,23H,8-9H2,1H3/t12-/m1/s1. The van der Waals surface area contributed by atoms with Crippen molar-refractivity contribution < 1.29 is 36.4 Å². The van der Waals surface area contributed by atoms with Crippen molar-refractivity contribution in [1.29, 1.82) is 0 Å². The second-order valence-electron chi connectivity index (χ2n) is 6.30. The molecule has 1 heterocycles. The van der Waals surface area contributed by atoms with Crippen molar-refractivity contribution in [1.82, 2.24) is 0 Å². The third-order valence-electron chi connectivity index (χ3n) is 4.43. The zero-order valence-electron chi connectivity index (χ0n) is 14.9. The van der Waals surface area contributed by atoms with Gasteiger partial charge in [-0.1, -0.05) is 6.07 Å². The van der Waals surface area contributed by atoms with Gasteiger partial charge in [-0.3, -0.25) is 14.4 Å². The van der Waals surface area contributed by atoms with Crippen molar-refractivity contribution in [3.63, 3.8) is 0 Å². The van der Waals surface area contributed by atoms with Gasteiger partial charge in [-0.05, 0) is 31.2 Å². The Balaban J connectivity index is 2.20. The van der Waals surface area contributed by atoms with Gasteiger partial charge in [0.15, 0.2) is 0 Å². The number of anilines is 1. The van der Waals surface area contributed by atoms with Crippen molar-refractivity contribution in [2.45, 2.75) is 24.1 Å². The molecule has 1 atom stereocenters. The van der Waals surface area contributed by atoms with Crippen LogP contribution >= 0.6 is 0 Å². The van der Waals surface area contributed by atoms with E-state index in [4.69, 9.17) is 4.74 Å². The Bertz CT molecular complexity index is 1070. The largest absolute Gasteiger partial charge is 0.484 e. The van der Waals surface area contributed by atoms with Crippen LogP contribution in [0.1, 0.15) is 11.1 Å². The molecule has 2 aromatic carbocycles.